The fourth-order valence-electron chi connectivity index (χ4n) is 1.58. The average Bonchev–Trinajstić information content (AvgIpc) is 2.46. The van der Waals surface area contributed by atoms with Crippen molar-refractivity contribution in [3.63, 3.8) is 0 Å². The molecule has 0 spiro atoms. The molecule has 0 unspecified atom stereocenters. The fourth-order valence-corrected chi connectivity index (χ4v) is 1.98. The van der Waals surface area contributed by atoms with Gasteiger partial charge in [-0.05, 0) is 40.2 Å². The lowest BCUT2D eigenvalue weighted by molar-refractivity contribution is 0.247. The van der Waals surface area contributed by atoms with Crippen LogP contribution in [-0.2, 0) is 0 Å². The maximum Gasteiger partial charge on any atom is 0.319 e. The lowest BCUT2D eigenvalue weighted by Gasteiger charge is -2.10. The first-order chi connectivity index (χ1) is 9.75. The highest BCUT2D eigenvalue weighted by molar-refractivity contribution is 9.10. The molecular weight excluding hydrogens is 320 g/mol. The Morgan fingerprint density at radius 2 is 1.75 bits per heavy atom. The first kappa shape index (κ1) is 14.4. The van der Waals surface area contributed by atoms with Gasteiger partial charge < -0.3 is 15.4 Å². The molecule has 2 amide bonds. The van der Waals surface area contributed by atoms with Gasteiger partial charge >= 0.3 is 6.03 Å². The normalized spacial score (nSPS) is 9.85. The molecule has 5 heteroatoms. The Kier molecular flexibility index (Phi) is 5.43. The minimum Gasteiger partial charge on any atom is -0.491 e. The number of para-hydroxylation sites is 2. The van der Waals surface area contributed by atoms with Gasteiger partial charge in [-0.1, -0.05) is 30.3 Å². The van der Waals surface area contributed by atoms with E-state index in [0.29, 0.717) is 13.2 Å². The number of nitrogens with one attached hydrogen (secondary N) is 2. The molecule has 0 aliphatic carbocycles. The molecule has 0 fully saturated rings. The molecular formula is C15H15BrN2O2. The Morgan fingerprint density at radius 3 is 2.50 bits per heavy atom. The topological polar surface area (TPSA) is 50.4 Å². The van der Waals surface area contributed by atoms with Gasteiger partial charge in [-0.25, -0.2) is 4.79 Å². The van der Waals surface area contributed by atoms with Gasteiger partial charge in [0.1, 0.15) is 12.4 Å². The zero-order valence-corrected chi connectivity index (χ0v) is 12.4. The molecule has 0 aromatic heterocycles. The molecule has 0 bridgehead atoms. The highest BCUT2D eigenvalue weighted by Crippen LogP contribution is 2.23. The number of halogens is 1. The molecule has 104 valence electrons. The number of rotatable bonds is 5. The maximum atomic E-state index is 11.6. The van der Waals surface area contributed by atoms with E-state index in [1.54, 1.807) is 0 Å². The van der Waals surface area contributed by atoms with E-state index in [1.165, 1.54) is 0 Å². The second-order valence-electron chi connectivity index (χ2n) is 4.03. The van der Waals surface area contributed by atoms with Crippen molar-refractivity contribution in [2.75, 3.05) is 18.5 Å². The Hall–Kier alpha value is -2.01. The van der Waals surface area contributed by atoms with Crippen LogP contribution in [0.2, 0.25) is 0 Å². The van der Waals surface area contributed by atoms with E-state index in [-0.39, 0.29) is 6.03 Å². The third-order valence-corrected chi connectivity index (χ3v) is 3.17. The summed E-state index contributed by atoms with van der Waals surface area (Å²) >= 11 is 3.40. The number of carbonyl (C=O) groups excluding carboxylic acids is 1. The van der Waals surface area contributed by atoms with Gasteiger partial charge in [0.05, 0.1) is 11.0 Å². The number of benzene rings is 2. The highest BCUT2D eigenvalue weighted by atomic mass is 79.9. The van der Waals surface area contributed by atoms with Crippen LogP contribution in [0.4, 0.5) is 10.5 Å². The Bertz CT molecular complexity index is 561. The number of hydrogen-bond donors (Lipinski definition) is 2. The van der Waals surface area contributed by atoms with Crippen LogP contribution in [0.1, 0.15) is 0 Å². The monoisotopic (exact) mass is 334 g/mol. The molecule has 2 N–H and O–H groups in total. The summed E-state index contributed by atoms with van der Waals surface area (Å²) in [7, 11) is 0. The Morgan fingerprint density at radius 1 is 1.05 bits per heavy atom. The van der Waals surface area contributed by atoms with E-state index in [9.17, 15) is 4.79 Å². The van der Waals surface area contributed by atoms with Crippen molar-refractivity contribution in [3.8, 4) is 5.75 Å². The maximum absolute atomic E-state index is 11.6. The molecule has 4 nitrogen and oxygen atoms in total. The van der Waals surface area contributed by atoms with Crippen LogP contribution >= 0.6 is 15.9 Å². The third-order valence-electron chi connectivity index (χ3n) is 2.51. The predicted octanol–water partition coefficient (Wildman–Crippen LogP) is 3.65. The van der Waals surface area contributed by atoms with Crippen molar-refractivity contribution in [2.45, 2.75) is 0 Å². The number of anilines is 1. The lowest BCUT2D eigenvalue weighted by Crippen LogP contribution is -2.32. The summed E-state index contributed by atoms with van der Waals surface area (Å²) < 4.78 is 6.44. The van der Waals surface area contributed by atoms with E-state index in [0.717, 1.165) is 15.9 Å². The lowest BCUT2D eigenvalue weighted by atomic mass is 10.3. The molecule has 0 radical (unpaired) electrons. The van der Waals surface area contributed by atoms with Crippen LogP contribution in [0.25, 0.3) is 0 Å². The highest BCUT2D eigenvalue weighted by Gasteiger charge is 2.01. The second-order valence-corrected chi connectivity index (χ2v) is 4.88. The van der Waals surface area contributed by atoms with Crippen molar-refractivity contribution < 1.29 is 9.53 Å². The number of urea groups is 1. The van der Waals surface area contributed by atoms with Crippen LogP contribution in [0, 0.1) is 0 Å². The van der Waals surface area contributed by atoms with Crippen molar-refractivity contribution >= 4 is 27.6 Å². The van der Waals surface area contributed by atoms with Crippen molar-refractivity contribution in [2.24, 2.45) is 0 Å². The first-order valence-electron chi connectivity index (χ1n) is 6.23. The number of carbonyl (C=O) groups is 1. The summed E-state index contributed by atoms with van der Waals surface area (Å²) in [5.74, 6) is 0.762. The summed E-state index contributed by atoms with van der Waals surface area (Å²) in [5.41, 5.74) is 0.761. The zero-order valence-electron chi connectivity index (χ0n) is 10.8. The standard InChI is InChI=1S/C15H15BrN2O2/c16-13-8-4-5-9-14(13)20-11-10-17-15(19)18-12-6-2-1-3-7-12/h1-9H,10-11H2,(H2,17,18,19). The molecule has 0 aliphatic rings. The molecule has 0 heterocycles. The number of ether oxygens (including phenoxy) is 1. The van der Waals surface area contributed by atoms with Crippen molar-refractivity contribution in [1.82, 2.24) is 5.32 Å². The van der Waals surface area contributed by atoms with E-state index in [1.807, 2.05) is 54.6 Å². The Labute approximate surface area is 126 Å². The van der Waals surface area contributed by atoms with E-state index < -0.39 is 0 Å². The smallest absolute Gasteiger partial charge is 0.319 e. The van der Waals surface area contributed by atoms with Crippen LogP contribution in [0.15, 0.2) is 59.1 Å². The Balaban J connectivity index is 1.69. The van der Waals surface area contributed by atoms with E-state index in [4.69, 9.17) is 4.74 Å². The molecule has 20 heavy (non-hydrogen) atoms. The number of amides is 2. The second kappa shape index (κ2) is 7.55. The molecule has 2 rings (SSSR count). The third kappa shape index (κ3) is 4.59. The molecule has 0 saturated heterocycles. The first-order valence-corrected chi connectivity index (χ1v) is 7.02. The van der Waals surface area contributed by atoms with Crippen LogP contribution in [-0.4, -0.2) is 19.2 Å². The SMILES string of the molecule is O=C(NCCOc1ccccc1Br)Nc1ccccc1. The molecule has 0 aliphatic heterocycles. The van der Waals surface area contributed by atoms with Gasteiger partial charge in [0.15, 0.2) is 0 Å². The zero-order chi connectivity index (χ0) is 14.2. The molecule has 2 aromatic carbocycles. The van der Waals surface area contributed by atoms with Gasteiger partial charge in [-0.3, -0.25) is 0 Å². The van der Waals surface area contributed by atoms with Gasteiger partial charge in [-0.15, -0.1) is 0 Å². The minimum atomic E-state index is -0.244. The van der Waals surface area contributed by atoms with E-state index in [2.05, 4.69) is 26.6 Å². The van der Waals surface area contributed by atoms with Crippen LogP contribution in [0.3, 0.4) is 0 Å². The van der Waals surface area contributed by atoms with Gasteiger partial charge in [0.25, 0.3) is 0 Å². The van der Waals surface area contributed by atoms with Crippen LogP contribution in [0.5, 0.6) is 5.75 Å². The summed E-state index contributed by atoms with van der Waals surface area (Å²) in [6.07, 6.45) is 0. The van der Waals surface area contributed by atoms with Gasteiger partial charge in [0.2, 0.25) is 0 Å². The van der Waals surface area contributed by atoms with Crippen molar-refractivity contribution in [3.05, 3.63) is 59.1 Å². The molecule has 2 aromatic rings. The predicted molar refractivity (Wildman–Crippen MR) is 83.1 cm³/mol. The average molecular weight is 335 g/mol. The van der Waals surface area contributed by atoms with Gasteiger partial charge in [-0.2, -0.15) is 0 Å². The molecule has 0 saturated carbocycles. The summed E-state index contributed by atoms with van der Waals surface area (Å²) in [6, 6.07) is 16.6. The minimum absolute atomic E-state index is 0.244. The van der Waals surface area contributed by atoms with Crippen molar-refractivity contribution in [1.29, 1.82) is 0 Å². The van der Waals surface area contributed by atoms with Crippen LogP contribution < -0.4 is 15.4 Å². The molecule has 0 atom stereocenters. The van der Waals surface area contributed by atoms with E-state index >= 15 is 0 Å². The summed E-state index contributed by atoms with van der Waals surface area (Å²) in [4.78, 5) is 11.6. The fraction of sp³-hybridized carbons (Fsp3) is 0.133. The summed E-state index contributed by atoms with van der Waals surface area (Å²) in [5, 5.41) is 5.47. The van der Waals surface area contributed by atoms with Gasteiger partial charge in [0, 0.05) is 5.69 Å². The summed E-state index contributed by atoms with van der Waals surface area (Å²) in [6.45, 7) is 0.838. The largest absolute Gasteiger partial charge is 0.491 e. The quantitative estimate of drug-likeness (QED) is 0.820. The number of hydrogen-bond acceptors (Lipinski definition) is 2.